The fraction of sp³-hybridized carbons (Fsp3) is 0.143. The summed E-state index contributed by atoms with van der Waals surface area (Å²) in [5.74, 6) is 0.124. The highest BCUT2D eigenvalue weighted by atomic mass is 19.1. The van der Waals surface area contributed by atoms with Crippen molar-refractivity contribution in [3.05, 3.63) is 66.0 Å². The minimum Gasteiger partial charge on any atom is -0.206 e. The first-order valence-corrected chi connectivity index (χ1v) is 5.09. The molecule has 0 bridgehead atoms. The molecule has 0 saturated heterocycles. The van der Waals surface area contributed by atoms with Gasteiger partial charge in [0.1, 0.15) is 5.83 Å². The van der Waals surface area contributed by atoms with Crippen LogP contribution in [0.15, 0.2) is 60.5 Å². The summed E-state index contributed by atoms with van der Waals surface area (Å²) in [6, 6.07) is 9.61. The zero-order chi connectivity index (χ0) is 10.7. The first kappa shape index (κ1) is 9.91. The van der Waals surface area contributed by atoms with E-state index in [0.29, 0.717) is 5.57 Å². The Hall–Kier alpha value is -1.63. The lowest BCUT2D eigenvalue weighted by Crippen LogP contribution is -1.82. The minimum absolute atomic E-state index is 0.165. The fourth-order valence-corrected chi connectivity index (χ4v) is 1.57. The van der Waals surface area contributed by atoms with Crippen LogP contribution in [0, 0.1) is 5.92 Å². The molecule has 0 aromatic heterocycles. The summed E-state index contributed by atoms with van der Waals surface area (Å²) in [5.41, 5.74) is 1.58. The van der Waals surface area contributed by atoms with E-state index in [2.05, 4.69) is 0 Å². The second-order valence-corrected chi connectivity index (χ2v) is 3.70. The maximum absolute atomic E-state index is 13.7. The highest BCUT2D eigenvalue weighted by Gasteiger charge is 2.07. The van der Waals surface area contributed by atoms with Crippen LogP contribution in [0.25, 0.3) is 5.57 Å². The van der Waals surface area contributed by atoms with E-state index in [4.69, 9.17) is 0 Å². The zero-order valence-corrected chi connectivity index (χ0v) is 8.65. The molecule has 0 heterocycles. The summed E-state index contributed by atoms with van der Waals surface area (Å²) in [7, 11) is 0. The Balaban J connectivity index is 2.45. The Morgan fingerprint density at radius 1 is 1.00 bits per heavy atom. The molecule has 1 heteroatoms. The molecule has 0 spiro atoms. The summed E-state index contributed by atoms with van der Waals surface area (Å²) in [5, 5.41) is 0. The first-order chi connectivity index (χ1) is 7.27. The molecular weight excluding hydrogens is 187 g/mol. The van der Waals surface area contributed by atoms with Gasteiger partial charge in [-0.25, -0.2) is 4.39 Å². The van der Waals surface area contributed by atoms with Crippen molar-refractivity contribution in [2.24, 2.45) is 5.92 Å². The minimum atomic E-state index is -0.165. The molecule has 0 radical (unpaired) electrons. The monoisotopic (exact) mass is 200 g/mol. The molecule has 0 fully saturated rings. The van der Waals surface area contributed by atoms with Crippen molar-refractivity contribution in [3.8, 4) is 0 Å². The molecule has 0 saturated carbocycles. The normalized spacial score (nSPS) is 20.5. The molecule has 2 rings (SSSR count). The van der Waals surface area contributed by atoms with Crippen LogP contribution >= 0.6 is 0 Å². The van der Waals surface area contributed by atoms with Gasteiger partial charge in [0, 0.05) is 5.57 Å². The van der Waals surface area contributed by atoms with Gasteiger partial charge < -0.3 is 0 Å². The number of benzene rings is 1. The van der Waals surface area contributed by atoms with Crippen molar-refractivity contribution in [2.75, 3.05) is 0 Å². The lowest BCUT2D eigenvalue weighted by atomic mass is 10.0. The van der Waals surface area contributed by atoms with Gasteiger partial charge in [0.2, 0.25) is 0 Å². The molecule has 1 aromatic rings. The standard InChI is InChI=1S/C14H13F/c1-11-7-9-13(14(15)10-8-11)12-5-3-2-4-6-12/h2-11H,1H3. The van der Waals surface area contributed by atoms with Crippen LogP contribution in [-0.4, -0.2) is 0 Å². The second kappa shape index (κ2) is 4.26. The Labute approximate surface area is 89.4 Å². The third kappa shape index (κ3) is 2.24. The SMILES string of the molecule is CC1C=CC(F)=C(c2ccccc2)C=C1. The lowest BCUT2D eigenvalue weighted by Gasteiger charge is -2.01. The van der Waals surface area contributed by atoms with Gasteiger partial charge in [0.15, 0.2) is 0 Å². The van der Waals surface area contributed by atoms with E-state index in [0.717, 1.165) is 5.56 Å². The molecule has 0 nitrogen and oxygen atoms in total. The molecule has 1 aromatic carbocycles. The van der Waals surface area contributed by atoms with E-state index in [1.54, 1.807) is 6.08 Å². The number of allylic oxidation sites excluding steroid dienone is 6. The highest BCUT2D eigenvalue weighted by molar-refractivity contribution is 5.77. The summed E-state index contributed by atoms with van der Waals surface area (Å²) < 4.78 is 13.7. The maximum Gasteiger partial charge on any atom is 0.130 e. The van der Waals surface area contributed by atoms with E-state index in [-0.39, 0.29) is 11.7 Å². The largest absolute Gasteiger partial charge is 0.206 e. The van der Waals surface area contributed by atoms with Crippen molar-refractivity contribution in [2.45, 2.75) is 6.92 Å². The summed E-state index contributed by atoms with van der Waals surface area (Å²) in [6.45, 7) is 2.04. The molecule has 1 aliphatic rings. The molecule has 0 amide bonds. The molecular formula is C14H13F. The van der Waals surface area contributed by atoms with Crippen LogP contribution < -0.4 is 0 Å². The van der Waals surface area contributed by atoms with Crippen molar-refractivity contribution in [1.29, 1.82) is 0 Å². The van der Waals surface area contributed by atoms with Gasteiger partial charge >= 0.3 is 0 Å². The van der Waals surface area contributed by atoms with Crippen LogP contribution in [0.2, 0.25) is 0 Å². The highest BCUT2D eigenvalue weighted by Crippen LogP contribution is 2.25. The average molecular weight is 200 g/mol. The molecule has 76 valence electrons. The number of hydrogen-bond donors (Lipinski definition) is 0. The Kier molecular flexibility index (Phi) is 2.82. The topological polar surface area (TPSA) is 0 Å². The van der Waals surface area contributed by atoms with Gasteiger partial charge in [-0.05, 0) is 17.6 Å². The smallest absolute Gasteiger partial charge is 0.130 e. The number of hydrogen-bond acceptors (Lipinski definition) is 0. The predicted molar refractivity (Wildman–Crippen MR) is 61.9 cm³/mol. The number of rotatable bonds is 1. The van der Waals surface area contributed by atoms with E-state index in [1.807, 2.05) is 55.5 Å². The van der Waals surface area contributed by atoms with Crippen LogP contribution in [0.5, 0.6) is 0 Å². The molecule has 1 aliphatic carbocycles. The van der Waals surface area contributed by atoms with Crippen LogP contribution in [0.4, 0.5) is 4.39 Å². The van der Waals surface area contributed by atoms with Crippen LogP contribution in [0.1, 0.15) is 12.5 Å². The van der Waals surface area contributed by atoms with E-state index >= 15 is 0 Å². The number of halogens is 1. The van der Waals surface area contributed by atoms with E-state index in [9.17, 15) is 4.39 Å². The molecule has 1 unspecified atom stereocenters. The quantitative estimate of drug-likeness (QED) is 0.639. The van der Waals surface area contributed by atoms with Crippen LogP contribution in [0.3, 0.4) is 0 Å². The summed E-state index contributed by atoms with van der Waals surface area (Å²) in [4.78, 5) is 0. The Morgan fingerprint density at radius 2 is 1.67 bits per heavy atom. The van der Waals surface area contributed by atoms with Crippen LogP contribution in [-0.2, 0) is 0 Å². The lowest BCUT2D eigenvalue weighted by molar-refractivity contribution is 0.670. The van der Waals surface area contributed by atoms with Gasteiger partial charge in [0.05, 0.1) is 0 Å². The van der Waals surface area contributed by atoms with E-state index in [1.165, 1.54) is 0 Å². The average Bonchev–Trinajstić information content (AvgIpc) is 2.43. The fourth-order valence-electron chi connectivity index (χ4n) is 1.57. The maximum atomic E-state index is 13.7. The van der Waals surface area contributed by atoms with Crippen molar-refractivity contribution in [3.63, 3.8) is 0 Å². The summed E-state index contributed by atoms with van der Waals surface area (Å²) >= 11 is 0. The first-order valence-electron chi connectivity index (χ1n) is 5.09. The third-order valence-corrected chi connectivity index (χ3v) is 2.45. The van der Waals surface area contributed by atoms with E-state index < -0.39 is 0 Å². The van der Waals surface area contributed by atoms with Gasteiger partial charge in [-0.15, -0.1) is 0 Å². The molecule has 15 heavy (non-hydrogen) atoms. The van der Waals surface area contributed by atoms with Gasteiger partial charge in [0.25, 0.3) is 0 Å². The Bertz CT molecular complexity index is 424. The van der Waals surface area contributed by atoms with Crippen molar-refractivity contribution >= 4 is 5.57 Å². The second-order valence-electron chi connectivity index (χ2n) is 3.70. The molecule has 0 N–H and O–H groups in total. The predicted octanol–water partition coefficient (Wildman–Crippen LogP) is 4.13. The van der Waals surface area contributed by atoms with Gasteiger partial charge in [-0.2, -0.15) is 0 Å². The van der Waals surface area contributed by atoms with Crippen molar-refractivity contribution < 1.29 is 4.39 Å². The van der Waals surface area contributed by atoms with Gasteiger partial charge in [-0.1, -0.05) is 55.5 Å². The summed E-state index contributed by atoms with van der Waals surface area (Å²) in [6.07, 6.45) is 7.27. The van der Waals surface area contributed by atoms with Crippen molar-refractivity contribution in [1.82, 2.24) is 0 Å². The molecule has 1 atom stereocenters. The van der Waals surface area contributed by atoms with Gasteiger partial charge in [-0.3, -0.25) is 0 Å². The molecule has 0 aliphatic heterocycles. The zero-order valence-electron chi connectivity index (χ0n) is 8.65. The third-order valence-electron chi connectivity index (χ3n) is 2.45. The Morgan fingerprint density at radius 3 is 2.40 bits per heavy atom.